The summed E-state index contributed by atoms with van der Waals surface area (Å²) in [5, 5.41) is 3.21. The molecule has 0 unspecified atom stereocenters. The second-order valence-corrected chi connectivity index (χ2v) is 5.39. The van der Waals surface area contributed by atoms with Gasteiger partial charge < -0.3 is 5.32 Å². The van der Waals surface area contributed by atoms with E-state index in [9.17, 15) is 0 Å². The van der Waals surface area contributed by atoms with Gasteiger partial charge in [-0.05, 0) is 44.8 Å². The predicted octanol–water partition coefficient (Wildman–Crippen LogP) is 3.21. The average molecular weight is 258 g/mol. The van der Waals surface area contributed by atoms with Gasteiger partial charge in [0.05, 0.1) is 0 Å². The van der Waals surface area contributed by atoms with Gasteiger partial charge in [0.2, 0.25) is 0 Å². The highest BCUT2D eigenvalue weighted by Gasteiger charge is 2.11. The van der Waals surface area contributed by atoms with E-state index in [4.69, 9.17) is 0 Å². The topological polar surface area (TPSA) is 15.3 Å². The van der Waals surface area contributed by atoms with Gasteiger partial charge in [0, 0.05) is 19.6 Å². The molecule has 0 fully saturated rings. The number of benzene rings is 1. The maximum atomic E-state index is 3.21. The van der Waals surface area contributed by atoms with Gasteiger partial charge in [-0.15, -0.1) is 0 Å². The summed E-state index contributed by atoms with van der Waals surface area (Å²) in [6, 6.07) is 10.8. The summed E-state index contributed by atoms with van der Waals surface area (Å²) >= 11 is 0. The molecule has 2 nitrogen and oxygen atoms in total. The minimum absolute atomic E-state index is 1.09. The van der Waals surface area contributed by atoms with Crippen LogP contribution in [0.1, 0.15) is 31.2 Å². The molecule has 0 aliphatic carbocycles. The fourth-order valence-corrected chi connectivity index (χ4v) is 2.62. The van der Waals surface area contributed by atoms with Crippen molar-refractivity contribution in [2.45, 2.75) is 32.2 Å². The number of nitrogens with zero attached hydrogens (tertiary/aromatic N) is 1. The molecule has 0 saturated carbocycles. The Kier molecular flexibility index (Phi) is 6.12. The van der Waals surface area contributed by atoms with Crippen molar-refractivity contribution in [2.24, 2.45) is 0 Å². The Labute approximate surface area is 117 Å². The van der Waals surface area contributed by atoms with E-state index in [1.807, 2.05) is 7.05 Å². The van der Waals surface area contributed by atoms with Crippen molar-refractivity contribution in [3.63, 3.8) is 0 Å². The van der Waals surface area contributed by atoms with Gasteiger partial charge in [0.25, 0.3) is 0 Å². The van der Waals surface area contributed by atoms with Crippen LogP contribution in [0.15, 0.2) is 42.0 Å². The number of rotatable bonds is 7. The smallest absolute Gasteiger partial charge is 0.0237 e. The first-order valence-electron chi connectivity index (χ1n) is 7.47. The molecule has 0 saturated heterocycles. The molecular weight excluding hydrogens is 232 g/mol. The third kappa shape index (κ3) is 5.17. The Morgan fingerprint density at radius 3 is 2.68 bits per heavy atom. The van der Waals surface area contributed by atoms with Crippen LogP contribution in [-0.2, 0) is 6.54 Å². The summed E-state index contributed by atoms with van der Waals surface area (Å²) < 4.78 is 0. The molecule has 19 heavy (non-hydrogen) atoms. The van der Waals surface area contributed by atoms with Crippen LogP contribution in [0.4, 0.5) is 0 Å². The monoisotopic (exact) mass is 258 g/mol. The zero-order chi connectivity index (χ0) is 13.3. The Morgan fingerprint density at radius 1 is 1.16 bits per heavy atom. The number of nitrogens with one attached hydrogen (secondary N) is 1. The van der Waals surface area contributed by atoms with E-state index in [2.05, 4.69) is 46.6 Å². The fraction of sp³-hybridized carbons (Fsp3) is 0.529. The number of hydrogen-bond donors (Lipinski definition) is 1. The van der Waals surface area contributed by atoms with Crippen molar-refractivity contribution < 1.29 is 0 Å². The van der Waals surface area contributed by atoms with E-state index in [1.54, 1.807) is 5.57 Å². The van der Waals surface area contributed by atoms with Crippen LogP contribution < -0.4 is 5.32 Å². The SMILES string of the molecule is CNCCCCC1=CCN(Cc2ccccc2)CC1. The standard InChI is InChI=1S/C17H26N2/c1-18-12-6-5-7-16-10-13-19(14-11-16)15-17-8-3-2-4-9-17/h2-4,8-10,18H,5-7,11-15H2,1H3. The molecule has 0 radical (unpaired) electrons. The highest BCUT2D eigenvalue weighted by molar-refractivity contribution is 5.15. The summed E-state index contributed by atoms with van der Waals surface area (Å²) in [6.07, 6.45) is 7.62. The van der Waals surface area contributed by atoms with Gasteiger partial charge >= 0.3 is 0 Å². The molecular formula is C17H26N2. The van der Waals surface area contributed by atoms with Crippen molar-refractivity contribution in [1.29, 1.82) is 0 Å². The number of unbranched alkanes of at least 4 members (excludes halogenated alkanes) is 1. The van der Waals surface area contributed by atoms with Crippen LogP contribution in [0.5, 0.6) is 0 Å². The molecule has 1 aromatic carbocycles. The maximum Gasteiger partial charge on any atom is 0.0237 e. The first kappa shape index (κ1) is 14.3. The second-order valence-electron chi connectivity index (χ2n) is 5.39. The van der Waals surface area contributed by atoms with Crippen molar-refractivity contribution in [1.82, 2.24) is 10.2 Å². The average Bonchev–Trinajstić information content (AvgIpc) is 2.46. The lowest BCUT2D eigenvalue weighted by atomic mass is 10.0. The van der Waals surface area contributed by atoms with Gasteiger partial charge in [0.1, 0.15) is 0 Å². The van der Waals surface area contributed by atoms with E-state index in [-0.39, 0.29) is 0 Å². The van der Waals surface area contributed by atoms with Crippen LogP contribution in [0.2, 0.25) is 0 Å². The Morgan fingerprint density at radius 2 is 2.00 bits per heavy atom. The van der Waals surface area contributed by atoms with Gasteiger partial charge in [-0.3, -0.25) is 4.90 Å². The molecule has 1 aliphatic rings. The first-order chi connectivity index (χ1) is 9.38. The largest absolute Gasteiger partial charge is 0.320 e. The van der Waals surface area contributed by atoms with E-state index >= 15 is 0 Å². The quantitative estimate of drug-likeness (QED) is 0.597. The molecule has 1 aliphatic heterocycles. The summed E-state index contributed by atoms with van der Waals surface area (Å²) in [5.74, 6) is 0. The third-order valence-electron chi connectivity index (χ3n) is 3.81. The lowest BCUT2D eigenvalue weighted by Crippen LogP contribution is -2.28. The zero-order valence-corrected chi connectivity index (χ0v) is 12.1. The zero-order valence-electron chi connectivity index (χ0n) is 12.1. The lowest BCUT2D eigenvalue weighted by Gasteiger charge is -2.26. The summed E-state index contributed by atoms with van der Waals surface area (Å²) in [4.78, 5) is 2.53. The molecule has 0 spiro atoms. The predicted molar refractivity (Wildman–Crippen MR) is 82.2 cm³/mol. The molecule has 2 heteroatoms. The highest BCUT2D eigenvalue weighted by Crippen LogP contribution is 2.18. The van der Waals surface area contributed by atoms with Crippen LogP contribution >= 0.6 is 0 Å². The lowest BCUT2D eigenvalue weighted by molar-refractivity contribution is 0.284. The van der Waals surface area contributed by atoms with Gasteiger partial charge in [-0.1, -0.05) is 42.0 Å². The Bertz CT molecular complexity index is 384. The highest BCUT2D eigenvalue weighted by atomic mass is 15.1. The van der Waals surface area contributed by atoms with E-state index < -0.39 is 0 Å². The molecule has 0 atom stereocenters. The van der Waals surface area contributed by atoms with Crippen LogP contribution in [0, 0.1) is 0 Å². The Balaban J connectivity index is 1.70. The number of hydrogen-bond acceptors (Lipinski definition) is 2. The Hall–Kier alpha value is -1.12. The van der Waals surface area contributed by atoms with E-state index in [0.717, 1.165) is 19.6 Å². The van der Waals surface area contributed by atoms with Crippen LogP contribution in [-0.4, -0.2) is 31.6 Å². The van der Waals surface area contributed by atoms with Gasteiger partial charge in [-0.2, -0.15) is 0 Å². The van der Waals surface area contributed by atoms with Crippen molar-refractivity contribution >= 4 is 0 Å². The summed E-state index contributed by atoms with van der Waals surface area (Å²) in [5.41, 5.74) is 3.09. The molecule has 0 amide bonds. The molecule has 0 bridgehead atoms. The van der Waals surface area contributed by atoms with Gasteiger partial charge in [0.15, 0.2) is 0 Å². The van der Waals surface area contributed by atoms with Crippen LogP contribution in [0.3, 0.4) is 0 Å². The van der Waals surface area contributed by atoms with Crippen LogP contribution in [0.25, 0.3) is 0 Å². The molecule has 0 aromatic heterocycles. The normalized spacial score (nSPS) is 16.4. The molecule has 2 rings (SSSR count). The molecule has 1 N–H and O–H groups in total. The van der Waals surface area contributed by atoms with Gasteiger partial charge in [-0.25, -0.2) is 0 Å². The summed E-state index contributed by atoms with van der Waals surface area (Å²) in [6.45, 7) is 4.57. The molecule has 1 heterocycles. The second kappa shape index (κ2) is 8.13. The van der Waals surface area contributed by atoms with Crippen molar-refractivity contribution in [2.75, 3.05) is 26.7 Å². The van der Waals surface area contributed by atoms with E-state index in [1.165, 1.54) is 37.8 Å². The third-order valence-corrected chi connectivity index (χ3v) is 3.81. The van der Waals surface area contributed by atoms with Crippen molar-refractivity contribution in [3.05, 3.63) is 47.5 Å². The minimum Gasteiger partial charge on any atom is -0.320 e. The maximum absolute atomic E-state index is 3.21. The molecule has 104 valence electrons. The first-order valence-corrected chi connectivity index (χ1v) is 7.47. The molecule has 1 aromatic rings. The van der Waals surface area contributed by atoms with E-state index in [0.29, 0.717) is 0 Å². The summed E-state index contributed by atoms with van der Waals surface area (Å²) in [7, 11) is 2.03. The fourth-order valence-electron chi connectivity index (χ4n) is 2.62. The minimum atomic E-state index is 1.09. The van der Waals surface area contributed by atoms with Crippen molar-refractivity contribution in [3.8, 4) is 0 Å².